The van der Waals surface area contributed by atoms with E-state index in [4.69, 9.17) is 0 Å². The molecule has 3 unspecified atom stereocenters. The van der Waals surface area contributed by atoms with Crippen molar-refractivity contribution in [2.24, 2.45) is 11.8 Å². The molecule has 18 heavy (non-hydrogen) atoms. The Morgan fingerprint density at radius 1 is 1.33 bits per heavy atom. The summed E-state index contributed by atoms with van der Waals surface area (Å²) in [6.45, 7) is 7.46. The van der Waals surface area contributed by atoms with Gasteiger partial charge in [0.2, 0.25) is 0 Å². The second kappa shape index (κ2) is 4.17. The summed E-state index contributed by atoms with van der Waals surface area (Å²) in [7, 11) is 0. The predicted molar refractivity (Wildman–Crippen MR) is 70.1 cm³/mol. The predicted octanol–water partition coefficient (Wildman–Crippen LogP) is 2.21. The van der Waals surface area contributed by atoms with Gasteiger partial charge in [-0.3, -0.25) is 4.79 Å². The summed E-state index contributed by atoms with van der Waals surface area (Å²) in [5, 5.41) is 21.0. The van der Waals surface area contributed by atoms with Gasteiger partial charge in [0.05, 0.1) is 11.2 Å². The molecule has 0 aromatic heterocycles. The summed E-state index contributed by atoms with van der Waals surface area (Å²) >= 11 is 0. The van der Waals surface area contributed by atoms with E-state index < -0.39 is 11.2 Å². The van der Waals surface area contributed by atoms with Crippen molar-refractivity contribution < 1.29 is 15.0 Å². The molecule has 0 spiro atoms. The maximum absolute atomic E-state index is 11.9. The smallest absolute Gasteiger partial charge is 0.161 e. The minimum Gasteiger partial charge on any atom is -0.390 e. The van der Waals surface area contributed by atoms with Crippen molar-refractivity contribution in [3.63, 3.8) is 0 Å². The largest absolute Gasteiger partial charge is 0.390 e. The third kappa shape index (κ3) is 2.04. The number of hydrogen-bond acceptors (Lipinski definition) is 3. The molecule has 1 fully saturated rings. The SMILES string of the molecule is CC1=C2CC(C(C)(C)O)CCC(C)C2(O)CC1=O. The first-order valence-corrected chi connectivity index (χ1v) is 6.84. The number of carbonyl (C=O) groups excluding carboxylic acids is 1. The average Bonchev–Trinajstić information content (AvgIpc) is 2.38. The molecule has 0 amide bonds. The van der Waals surface area contributed by atoms with Gasteiger partial charge in [0.25, 0.3) is 0 Å². The Morgan fingerprint density at radius 3 is 2.50 bits per heavy atom. The van der Waals surface area contributed by atoms with E-state index in [0.29, 0.717) is 6.42 Å². The number of aliphatic hydroxyl groups is 2. The third-order valence-corrected chi connectivity index (χ3v) is 5.04. The lowest BCUT2D eigenvalue weighted by Gasteiger charge is -2.31. The van der Waals surface area contributed by atoms with Gasteiger partial charge < -0.3 is 10.2 Å². The van der Waals surface area contributed by atoms with Gasteiger partial charge in [0.15, 0.2) is 5.78 Å². The normalized spacial score (nSPS) is 37.8. The zero-order chi connectivity index (χ0) is 13.7. The van der Waals surface area contributed by atoms with Gasteiger partial charge in [-0.05, 0) is 63.0 Å². The summed E-state index contributed by atoms with van der Waals surface area (Å²) in [6.07, 6.45) is 2.63. The van der Waals surface area contributed by atoms with E-state index in [1.807, 2.05) is 27.7 Å². The van der Waals surface area contributed by atoms with Crippen LogP contribution in [-0.2, 0) is 4.79 Å². The first-order chi connectivity index (χ1) is 8.16. The molecule has 2 aliphatic rings. The summed E-state index contributed by atoms with van der Waals surface area (Å²) in [5.74, 6) is 0.266. The van der Waals surface area contributed by atoms with Crippen LogP contribution in [0.1, 0.15) is 53.4 Å². The third-order valence-electron chi connectivity index (χ3n) is 5.04. The van der Waals surface area contributed by atoms with E-state index in [1.54, 1.807) is 0 Å². The number of fused-ring (bicyclic) bond motifs is 1. The molecule has 0 aromatic rings. The van der Waals surface area contributed by atoms with Crippen LogP contribution in [0.4, 0.5) is 0 Å². The molecule has 3 nitrogen and oxygen atoms in total. The fourth-order valence-electron chi connectivity index (χ4n) is 3.42. The van der Waals surface area contributed by atoms with E-state index in [0.717, 1.165) is 24.0 Å². The number of rotatable bonds is 1. The monoisotopic (exact) mass is 252 g/mol. The quantitative estimate of drug-likeness (QED) is 0.752. The van der Waals surface area contributed by atoms with Crippen molar-refractivity contribution in [2.75, 3.05) is 0 Å². The van der Waals surface area contributed by atoms with Crippen LogP contribution in [0, 0.1) is 11.8 Å². The zero-order valence-corrected chi connectivity index (χ0v) is 11.8. The van der Waals surface area contributed by atoms with Crippen molar-refractivity contribution in [1.82, 2.24) is 0 Å². The Balaban J connectivity index is 2.41. The van der Waals surface area contributed by atoms with Gasteiger partial charge in [-0.2, -0.15) is 0 Å². The highest BCUT2D eigenvalue weighted by atomic mass is 16.3. The molecule has 0 radical (unpaired) electrons. The maximum Gasteiger partial charge on any atom is 0.161 e. The zero-order valence-electron chi connectivity index (χ0n) is 11.8. The molecule has 2 aliphatic carbocycles. The Kier molecular flexibility index (Phi) is 3.19. The molecule has 0 bridgehead atoms. The Hall–Kier alpha value is -0.670. The Bertz CT molecular complexity index is 402. The maximum atomic E-state index is 11.9. The van der Waals surface area contributed by atoms with Crippen molar-refractivity contribution in [1.29, 1.82) is 0 Å². The molecule has 2 N–H and O–H groups in total. The number of hydrogen-bond donors (Lipinski definition) is 2. The van der Waals surface area contributed by atoms with Crippen LogP contribution in [0.2, 0.25) is 0 Å². The van der Waals surface area contributed by atoms with Gasteiger partial charge >= 0.3 is 0 Å². The van der Waals surface area contributed by atoms with Crippen LogP contribution in [0.3, 0.4) is 0 Å². The summed E-state index contributed by atoms with van der Waals surface area (Å²) < 4.78 is 0. The van der Waals surface area contributed by atoms with Crippen LogP contribution < -0.4 is 0 Å². The number of carbonyl (C=O) groups is 1. The van der Waals surface area contributed by atoms with E-state index in [9.17, 15) is 15.0 Å². The molecule has 2 rings (SSSR count). The molecular formula is C15H24O3. The summed E-state index contributed by atoms with van der Waals surface area (Å²) in [4.78, 5) is 11.9. The van der Waals surface area contributed by atoms with Crippen LogP contribution in [0.25, 0.3) is 0 Å². The lowest BCUT2D eigenvalue weighted by Crippen LogP contribution is -2.36. The number of allylic oxidation sites excluding steroid dienone is 1. The first kappa shape index (κ1) is 13.8. The van der Waals surface area contributed by atoms with Crippen LogP contribution in [0.15, 0.2) is 11.1 Å². The molecule has 0 heterocycles. The Labute approximate surface area is 109 Å². The highest BCUT2D eigenvalue weighted by Crippen LogP contribution is 2.48. The van der Waals surface area contributed by atoms with Crippen molar-refractivity contribution in [2.45, 2.75) is 64.6 Å². The van der Waals surface area contributed by atoms with Gasteiger partial charge in [0, 0.05) is 6.42 Å². The van der Waals surface area contributed by atoms with E-state index in [1.165, 1.54) is 0 Å². The second-order valence-electron chi connectivity index (χ2n) is 6.66. The summed E-state index contributed by atoms with van der Waals surface area (Å²) in [6, 6.07) is 0. The number of ketones is 1. The average molecular weight is 252 g/mol. The van der Waals surface area contributed by atoms with E-state index >= 15 is 0 Å². The standard InChI is InChI=1S/C15H24O3/c1-9-5-6-11(14(3,4)17)7-12-10(2)13(16)8-15(9,12)18/h9,11,17-18H,5-8H2,1-4H3. The lowest BCUT2D eigenvalue weighted by atomic mass is 9.80. The first-order valence-electron chi connectivity index (χ1n) is 6.84. The van der Waals surface area contributed by atoms with Gasteiger partial charge in [-0.25, -0.2) is 0 Å². The molecule has 0 aromatic carbocycles. The minimum atomic E-state index is -0.957. The van der Waals surface area contributed by atoms with Gasteiger partial charge in [-0.15, -0.1) is 0 Å². The lowest BCUT2D eigenvalue weighted by molar-refractivity contribution is -0.118. The van der Waals surface area contributed by atoms with Crippen LogP contribution in [-0.4, -0.2) is 27.2 Å². The Morgan fingerprint density at radius 2 is 1.94 bits per heavy atom. The molecule has 3 heteroatoms. The molecule has 3 atom stereocenters. The topological polar surface area (TPSA) is 57.5 Å². The van der Waals surface area contributed by atoms with Crippen LogP contribution >= 0.6 is 0 Å². The van der Waals surface area contributed by atoms with Gasteiger partial charge in [-0.1, -0.05) is 6.92 Å². The molecule has 0 aliphatic heterocycles. The second-order valence-corrected chi connectivity index (χ2v) is 6.66. The fourth-order valence-corrected chi connectivity index (χ4v) is 3.42. The highest BCUT2D eigenvalue weighted by Gasteiger charge is 2.49. The molecular weight excluding hydrogens is 228 g/mol. The van der Waals surface area contributed by atoms with Crippen molar-refractivity contribution in [3.8, 4) is 0 Å². The molecule has 102 valence electrons. The highest BCUT2D eigenvalue weighted by molar-refractivity contribution is 6.00. The van der Waals surface area contributed by atoms with E-state index in [2.05, 4.69) is 0 Å². The molecule has 1 saturated carbocycles. The van der Waals surface area contributed by atoms with Gasteiger partial charge in [0.1, 0.15) is 0 Å². The molecule has 0 saturated heterocycles. The van der Waals surface area contributed by atoms with Crippen molar-refractivity contribution in [3.05, 3.63) is 11.1 Å². The van der Waals surface area contributed by atoms with E-state index in [-0.39, 0.29) is 24.0 Å². The number of Topliss-reactive ketones (excluding diaryl/α,β-unsaturated/α-hetero) is 1. The minimum absolute atomic E-state index is 0.0655. The van der Waals surface area contributed by atoms with Crippen LogP contribution in [0.5, 0.6) is 0 Å². The van der Waals surface area contributed by atoms with Crippen molar-refractivity contribution >= 4 is 5.78 Å². The fraction of sp³-hybridized carbons (Fsp3) is 0.800. The summed E-state index contributed by atoms with van der Waals surface area (Å²) in [5.41, 5.74) is -0.115.